The molecule has 3 aromatic rings. The number of carbonyl (C=O) groups excluding carboxylic acids is 1. The molecular weight excluding hydrogens is 377 g/mol. The molecule has 0 aliphatic heterocycles. The minimum absolute atomic E-state index is 0.0249. The van der Waals surface area contributed by atoms with E-state index in [9.17, 15) is 9.18 Å². The smallest absolute Gasteiger partial charge is 0.255 e. The molecule has 1 N–H and O–H groups in total. The molecule has 5 heteroatoms. The number of carbonyl (C=O) groups is 1. The standard InChI is InChI=1S/C18H13BrFNOS/c19-13-8-9-15(20)14(11-13)18(22)21-17(16-7-4-10-23-16)12-5-2-1-3-6-12/h1-11,17H,(H,21,22). The predicted molar refractivity (Wildman–Crippen MR) is 94.2 cm³/mol. The van der Waals surface area contributed by atoms with E-state index >= 15 is 0 Å². The Hall–Kier alpha value is -1.98. The van der Waals surface area contributed by atoms with Crippen LogP contribution < -0.4 is 5.32 Å². The fraction of sp³-hybridized carbons (Fsp3) is 0.0556. The van der Waals surface area contributed by atoms with Crippen LogP contribution in [0.3, 0.4) is 0 Å². The number of rotatable bonds is 4. The Balaban J connectivity index is 1.93. The van der Waals surface area contributed by atoms with Crippen molar-refractivity contribution >= 4 is 33.2 Å². The van der Waals surface area contributed by atoms with Crippen LogP contribution in [-0.4, -0.2) is 5.91 Å². The molecule has 23 heavy (non-hydrogen) atoms. The van der Waals surface area contributed by atoms with E-state index in [0.717, 1.165) is 10.4 Å². The van der Waals surface area contributed by atoms with Crippen LogP contribution in [0, 0.1) is 5.82 Å². The zero-order valence-electron chi connectivity index (χ0n) is 12.0. The topological polar surface area (TPSA) is 29.1 Å². The highest BCUT2D eigenvalue weighted by Gasteiger charge is 2.20. The average molecular weight is 390 g/mol. The monoisotopic (exact) mass is 389 g/mol. The third-order valence-corrected chi connectivity index (χ3v) is 4.84. The van der Waals surface area contributed by atoms with Crippen molar-refractivity contribution in [3.63, 3.8) is 0 Å². The van der Waals surface area contributed by atoms with E-state index in [2.05, 4.69) is 21.2 Å². The van der Waals surface area contributed by atoms with Gasteiger partial charge in [0.2, 0.25) is 0 Å². The van der Waals surface area contributed by atoms with Gasteiger partial charge in [-0.05, 0) is 35.2 Å². The highest BCUT2D eigenvalue weighted by atomic mass is 79.9. The molecule has 0 bridgehead atoms. The van der Waals surface area contributed by atoms with Gasteiger partial charge in [-0.3, -0.25) is 4.79 Å². The molecule has 0 radical (unpaired) electrons. The zero-order valence-corrected chi connectivity index (χ0v) is 14.4. The van der Waals surface area contributed by atoms with Gasteiger partial charge < -0.3 is 5.32 Å². The lowest BCUT2D eigenvalue weighted by atomic mass is 10.0. The van der Waals surface area contributed by atoms with E-state index in [-0.39, 0.29) is 11.6 Å². The first-order valence-corrected chi connectivity index (χ1v) is 8.66. The number of thiophene rings is 1. The molecular formula is C18H13BrFNOS. The Morgan fingerprint density at radius 1 is 1.09 bits per heavy atom. The first-order valence-electron chi connectivity index (χ1n) is 6.99. The van der Waals surface area contributed by atoms with Crippen molar-refractivity contribution in [1.29, 1.82) is 0 Å². The molecule has 3 rings (SSSR count). The summed E-state index contributed by atoms with van der Waals surface area (Å²) in [5, 5.41) is 4.89. The molecule has 1 aromatic heterocycles. The molecule has 0 saturated heterocycles. The molecule has 1 atom stereocenters. The minimum Gasteiger partial charge on any atom is -0.340 e. The maximum Gasteiger partial charge on any atom is 0.255 e. The van der Waals surface area contributed by atoms with Crippen LogP contribution in [0.2, 0.25) is 0 Å². The molecule has 1 heterocycles. The molecule has 1 unspecified atom stereocenters. The van der Waals surface area contributed by atoms with Crippen molar-refractivity contribution < 1.29 is 9.18 Å². The Labute approximate surface area is 146 Å². The maximum atomic E-state index is 13.9. The van der Waals surface area contributed by atoms with Gasteiger partial charge in [-0.1, -0.05) is 52.3 Å². The Morgan fingerprint density at radius 2 is 1.87 bits per heavy atom. The summed E-state index contributed by atoms with van der Waals surface area (Å²) in [7, 11) is 0. The van der Waals surface area contributed by atoms with Gasteiger partial charge in [-0.2, -0.15) is 0 Å². The van der Waals surface area contributed by atoms with Crippen LogP contribution in [0.1, 0.15) is 26.8 Å². The lowest BCUT2D eigenvalue weighted by molar-refractivity contribution is 0.0939. The Kier molecular flexibility index (Phi) is 4.88. The molecule has 0 fully saturated rings. The third-order valence-electron chi connectivity index (χ3n) is 3.41. The largest absolute Gasteiger partial charge is 0.340 e. The summed E-state index contributed by atoms with van der Waals surface area (Å²) >= 11 is 4.82. The number of hydrogen-bond donors (Lipinski definition) is 1. The minimum atomic E-state index is -0.538. The second-order valence-corrected chi connectivity index (χ2v) is 6.85. The van der Waals surface area contributed by atoms with Gasteiger partial charge in [0.15, 0.2) is 0 Å². The van der Waals surface area contributed by atoms with Crippen LogP contribution in [0.5, 0.6) is 0 Å². The molecule has 2 aromatic carbocycles. The van der Waals surface area contributed by atoms with Crippen LogP contribution in [-0.2, 0) is 0 Å². The van der Waals surface area contributed by atoms with Gasteiger partial charge in [0.05, 0.1) is 11.6 Å². The molecule has 0 saturated carbocycles. The molecule has 116 valence electrons. The molecule has 0 aliphatic carbocycles. The second kappa shape index (κ2) is 7.06. The van der Waals surface area contributed by atoms with Gasteiger partial charge in [-0.25, -0.2) is 4.39 Å². The van der Waals surface area contributed by atoms with Gasteiger partial charge in [0.1, 0.15) is 5.82 Å². The normalized spacial score (nSPS) is 11.9. The Bertz CT molecular complexity index is 805. The highest BCUT2D eigenvalue weighted by Crippen LogP contribution is 2.27. The molecule has 0 aliphatic rings. The van der Waals surface area contributed by atoms with E-state index in [1.165, 1.54) is 12.1 Å². The van der Waals surface area contributed by atoms with Gasteiger partial charge >= 0.3 is 0 Å². The first kappa shape index (κ1) is 15.9. The number of benzene rings is 2. The lowest BCUT2D eigenvalue weighted by Crippen LogP contribution is -2.29. The maximum absolute atomic E-state index is 13.9. The average Bonchev–Trinajstić information content (AvgIpc) is 3.09. The fourth-order valence-electron chi connectivity index (χ4n) is 2.30. The van der Waals surface area contributed by atoms with E-state index in [4.69, 9.17) is 0 Å². The van der Waals surface area contributed by atoms with Crippen LogP contribution in [0.15, 0.2) is 70.5 Å². The summed E-state index contributed by atoms with van der Waals surface area (Å²) in [5.74, 6) is -0.977. The summed E-state index contributed by atoms with van der Waals surface area (Å²) in [6.45, 7) is 0. The summed E-state index contributed by atoms with van der Waals surface area (Å²) in [6.07, 6.45) is 0. The SMILES string of the molecule is O=C(NC(c1ccccc1)c1cccs1)c1cc(Br)ccc1F. The second-order valence-electron chi connectivity index (χ2n) is 4.96. The van der Waals surface area contributed by atoms with E-state index in [1.807, 2.05) is 47.8 Å². The summed E-state index contributed by atoms with van der Waals surface area (Å²) < 4.78 is 14.6. The van der Waals surface area contributed by atoms with E-state index < -0.39 is 11.7 Å². The number of amides is 1. The van der Waals surface area contributed by atoms with Crippen molar-refractivity contribution in [3.05, 3.63) is 92.3 Å². The van der Waals surface area contributed by atoms with E-state index in [0.29, 0.717) is 4.47 Å². The van der Waals surface area contributed by atoms with Crippen molar-refractivity contribution in [2.75, 3.05) is 0 Å². The van der Waals surface area contributed by atoms with Crippen molar-refractivity contribution in [2.45, 2.75) is 6.04 Å². The van der Waals surface area contributed by atoms with E-state index in [1.54, 1.807) is 17.4 Å². The molecule has 2 nitrogen and oxygen atoms in total. The van der Waals surface area contributed by atoms with Gasteiger partial charge in [0, 0.05) is 9.35 Å². The van der Waals surface area contributed by atoms with Crippen molar-refractivity contribution in [3.8, 4) is 0 Å². The van der Waals surface area contributed by atoms with Crippen molar-refractivity contribution in [1.82, 2.24) is 5.32 Å². The fourth-order valence-corrected chi connectivity index (χ4v) is 3.46. The molecule has 0 spiro atoms. The quantitative estimate of drug-likeness (QED) is 0.655. The lowest BCUT2D eigenvalue weighted by Gasteiger charge is -2.18. The third kappa shape index (κ3) is 3.68. The van der Waals surface area contributed by atoms with Gasteiger partial charge in [0.25, 0.3) is 5.91 Å². The zero-order chi connectivity index (χ0) is 16.2. The number of halogens is 2. The predicted octanol–water partition coefficient (Wildman–Crippen LogP) is 5.17. The molecule has 1 amide bonds. The number of hydrogen-bond acceptors (Lipinski definition) is 2. The number of nitrogens with one attached hydrogen (secondary N) is 1. The van der Waals surface area contributed by atoms with Crippen LogP contribution in [0.25, 0.3) is 0 Å². The van der Waals surface area contributed by atoms with Gasteiger partial charge in [-0.15, -0.1) is 11.3 Å². The van der Waals surface area contributed by atoms with Crippen LogP contribution in [0.4, 0.5) is 4.39 Å². The summed E-state index contributed by atoms with van der Waals surface area (Å²) in [4.78, 5) is 13.5. The summed E-state index contributed by atoms with van der Waals surface area (Å²) in [6, 6.07) is 17.6. The highest BCUT2D eigenvalue weighted by molar-refractivity contribution is 9.10. The summed E-state index contributed by atoms with van der Waals surface area (Å²) in [5.41, 5.74) is 0.982. The Morgan fingerprint density at radius 3 is 2.57 bits per heavy atom. The van der Waals surface area contributed by atoms with Crippen LogP contribution >= 0.6 is 27.3 Å². The first-order chi connectivity index (χ1) is 11.1. The van der Waals surface area contributed by atoms with Crippen molar-refractivity contribution in [2.24, 2.45) is 0 Å².